The number of benzene rings is 1. The number of hydrogen-bond donors (Lipinski definition) is 0. The van der Waals surface area contributed by atoms with Crippen molar-refractivity contribution in [1.29, 1.82) is 0 Å². The van der Waals surface area contributed by atoms with Crippen LogP contribution in [0.25, 0.3) is 6.08 Å². The molecule has 0 aliphatic rings. The molecule has 0 atom stereocenters. The number of pyridine rings is 1. The van der Waals surface area contributed by atoms with Gasteiger partial charge in [-0.25, -0.2) is 4.98 Å². The Hall–Kier alpha value is -1.41. The lowest BCUT2D eigenvalue weighted by Crippen LogP contribution is -1.90. The van der Waals surface area contributed by atoms with Crippen LogP contribution in [-0.4, -0.2) is 10.8 Å². The molecular weight excluding hydrogens is 429 g/mol. The maximum Gasteiger partial charge on any atom is 0.159 e. The number of terminal acetylenes is 1. The summed E-state index contributed by atoms with van der Waals surface area (Å²) >= 11 is 12.0. The summed E-state index contributed by atoms with van der Waals surface area (Å²) in [6.45, 7) is 1.56. The molecule has 0 radical (unpaired) electrons. The number of carbonyl (C=O) groups excluding carboxylic acids is 1. The van der Waals surface area contributed by atoms with E-state index in [0.29, 0.717) is 5.15 Å². The van der Waals surface area contributed by atoms with Gasteiger partial charge in [0.2, 0.25) is 0 Å². The first-order valence-electron chi connectivity index (χ1n) is 6.14. The summed E-state index contributed by atoms with van der Waals surface area (Å²) in [4.78, 5) is 14.7. The van der Waals surface area contributed by atoms with Gasteiger partial charge in [0.05, 0.1) is 3.39 Å². The third kappa shape index (κ3) is 7.04. The Kier molecular flexibility index (Phi) is 8.11. The minimum absolute atomic E-state index is 0.0911. The summed E-state index contributed by atoms with van der Waals surface area (Å²) in [7, 11) is 0. The molecule has 2 aromatic rings. The molecule has 2 nitrogen and oxygen atoms in total. The fourth-order valence-corrected chi connectivity index (χ4v) is 2.04. The van der Waals surface area contributed by atoms with Gasteiger partial charge in [0.15, 0.2) is 5.78 Å². The number of hydrogen-bond acceptors (Lipinski definition) is 2. The molecule has 1 aromatic carbocycles. The lowest BCUT2D eigenvalue weighted by molar-refractivity contribution is 0.101. The van der Waals surface area contributed by atoms with E-state index in [1.54, 1.807) is 25.3 Å². The first-order chi connectivity index (χ1) is 10.4. The highest BCUT2D eigenvalue weighted by Gasteiger charge is 1.97. The maximum atomic E-state index is 10.9. The highest BCUT2D eigenvalue weighted by molar-refractivity contribution is 9.28. The second-order valence-electron chi connectivity index (χ2n) is 4.13. The van der Waals surface area contributed by atoms with E-state index < -0.39 is 0 Å². The zero-order valence-electron chi connectivity index (χ0n) is 11.7. The van der Waals surface area contributed by atoms with Gasteiger partial charge >= 0.3 is 0 Å². The molecule has 112 valence electrons. The van der Waals surface area contributed by atoms with E-state index in [0.717, 1.165) is 20.1 Å². The molecule has 1 heterocycles. The van der Waals surface area contributed by atoms with E-state index in [-0.39, 0.29) is 5.78 Å². The van der Waals surface area contributed by atoms with Crippen LogP contribution in [-0.2, 0) is 0 Å². The topological polar surface area (TPSA) is 30.0 Å². The van der Waals surface area contributed by atoms with Crippen molar-refractivity contribution in [3.05, 3.63) is 67.8 Å². The number of nitrogens with zero attached hydrogens (tertiary/aromatic N) is 1. The first-order valence-corrected chi connectivity index (χ1v) is 8.10. The van der Waals surface area contributed by atoms with Crippen LogP contribution in [0.1, 0.15) is 28.4 Å². The zero-order chi connectivity index (χ0) is 16.5. The summed E-state index contributed by atoms with van der Waals surface area (Å²) in [5, 5.41) is 0.467. The molecule has 0 spiro atoms. The largest absolute Gasteiger partial charge is 0.295 e. The van der Waals surface area contributed by atoms with Crippen molar-refractivity contribution in [2.24, 2.45) is 0 Å². The van der Waals surface area contributed by atoms with Crippen LogP contribution < -0.4 is 0 Å². The van der Waals surface area contributed by atoms with E-state index in [1.807, 2.05) is 30.3 Å². The summed E-state index contributed by atoms with van der Waals surface area (Å²) in [6.07, 6.45) is 8.55. The van der Waals surface area contributed by atoms with Gasteiger partial charge in [-0.15, -0.1) is 6.42 Å². The molecule has 0 N–H and O–H groups in total. The van der Waals surface area contributed by atoms with E-state index in [1.165, 1.54) is 0 Å². The predicted octanol–water partition coefficient (Wildman–Crippen LogP) is 5.69. The number of ketones is 1. The van der Waals surface area contributed by atoms with Gasteiger partial charge in [0, 0.05) is 17.3 Å². The van der Waals surface area contributed by atoms with Gasteiger partial charge in [-0.05, 0) is 62.6 Å². The van der Waals surface area contributed by atoms with Gasteiger partial charge in [-0.2, -0.15) is 0 Å². The minimum Gasteiger partial charge on any atom is -0.295 e. The smallest absolute Gasteiger partial charge is 0.159 e. The van der Waals surface area contributed by atoms with Gasteiger partial charge < -0.3 is 0 Å². The minimum atomic E-state index is 0.0911. The van der Waals surface area contributed by atoms with Crippen LogP contribution in [0.15, 0.2) is 46.0 Å². The summed E-state index contributed by atoms with van der Waals surface area (Å²) in [5.74, 6) is 2.52. The molecule has 0 saturated heterocycles. The number of aromatic nitrogens is 1. The van der Waals surface area contributed by atoms with Crippen LogP contribution in [0.4, 0.5) is 0 Å². The molecular formula is C17H12Br2ClNO. The third-order valence-corrected chi connectivity index (χ3v) is 3.17. The Labute approximate surface area is 151 Å². The van der Waals surface area contributed by atoms with E-state index >= 15 is 0 Å². The fraction of sp³-hybridized carbons (Fsp3) is 0.0588. The highest BCUT2D eigenvalue weighted by Crippen LogP contribution is 2.18. The number of rotatable bonds is 2. The Bertz CT molecular complexity index is 697. The summed E-state index contributed by atoms with van der Waals surface area (Å²) in [6, 6.07) is 10.8. The van der Waals surface area contributed by atoms with Gasteiger partial charge in [-0.1, -0.05) is 41.8 Å². The molecule has 0 aliphatic carbocycles. The maximum absolute atomic E-state index is 10.9. The zero-order valence-corrected chi connectivity index (χ0v) is 15.6. The second kappa shape index (κ2) is 9.58. The van der Waals surface area contributed by atoms with Gasteiger partial charge in [-0.3, -0.25) is 4.79 Å². The molecule has 5 heteroatoms. The van der Waals surface area contributed by atoms with Crippen molar-refractivity contribution in [3.63, 3.8) is 0 Å². The molecule has 0 aliphatic heterocycles. The van der Waals surface area contributed by atoms with Crippen molar-refractivity contribution in [2.45, 2.75) is 6.92 Å². The average Bonchev–Trinajstić information content (AvgIpc) is 2.48. The monoisotopic (exact) mass is 439 g/mol. The molecule has 1 aromatic heterocycles. The lowest BCUT2D eigenvalue weighted by atomic mass is 10.1. The Morgan fingerprint density at radius 2 is 1.86 bits per heavy atom. The van der Waals surface area contributed by atoms with Crippen LogP contribution >= 0.6 is 43.5 Å². The predicted molar refractivity (Wildman–Crippen MR) is 99.5 cm³/mol. The second-order valence-corrected chi connectivity index (χ2v) is 7.29. The van der Waals surface area contributed by atoms with Crippen LogP contribution in [0.5, 0.6) is 0 Å². The molecule has 0 amide bonds. The standard InChI is InChI=1S/C10H8Br2O.C7H4ClN/c1-7(13)9-4-2-8(3-5-9)6-10(11)12;1-2-6-3-4-7(8)9-5-6/h2-6H,1H3;1,3-5H. The Morgan fingerprint density at radius 1 is 1.23 bits per heavy atom. The highest BCUT2D eigenvalue weighted by atomic mass is 79.9. The first kappa shape index (κ1) is 18.6. The van der Waals surface area contributed by atoms with Crippen LogP contribution in [0.2, 0.25) is 5.15 Å². The van der Waals surface area contributed by atoms with Crippen molar-refractivity contribution >= 4 is 55.3 Å². The van der Waals surface area contributed by atoms with Crippen molar-refractivity contribution in [2.75, 3.05) is 0 Å². The quantitative estimate of drug-likeness (QED) is 0.340. The number of Topliss-reactive ketones (excluding diaryl/α,β-unsaturated/α-hetero) is 1. The SMILES string of the molecule is C#Cc1ccc(Cl)nc1.CC(=O)c1ccc(C=C(Br)Br)cc1. The average molecular weight is 442 g/mol. The van der Waals surface area contributed by atoms with Crippen molar-refractivity contribution < 1.29 is 4.79 Å². The van der Waals surface area contributed by atoms with Crippen molar-refractivity contribution in [1.82, 2.24) is 4.98 Å². The molecule has 0 fully saturated rings. The van der Waals surface area contributed by atoms with E-state index in [9.17, 15) is 4.79 Å². The lowest BCUT2D eigenvalue weighted by Gasteiger charge is -1.96. The number of halogens is 3. The van der Waals surface area contributed by atoms with Crippen molar-refractivity contribution in [3.8, 4) is 12.3 Å². The molecule has 2 rings (SSSR count). The summed E-state index contributed by atoms with van der Waals surface area (Å²) in [5.41, 5.74) is 2.54. The molecule has 0 bridgehead atoms. The fourth-order valence-electron chi connectivity index (χ4n) is 1.40. The van der Waals surface area contributed by atoms with Gasteiger partial charge in [0.25, 0.3) is 0 Å². The Balaban J connectivity index is 0.000000235. The van der Waals surface area contributed by atoms with Gasteiger partial charge in [0.1, 0.15) is 5.15 Å². The molecule has 0 saturated carbocycles. The molecule has 22 heavy (non-hydrogen) atoms. The Morgan fingerprint density at radius 3 is 2.27 bits per heavy atom. The number of carbonyl (C=O) groups is 1. The summed E-state index contributed by atoms with van der Waals surface area (Å²) < 4.78 is 0.885. The van der Waals surface area contributed by atoms with E-state index in [2.05, 4.69) is 42.8 Å². The molecule has 0 unspecified atom stereocenters. The van der Waals surface area contributed by atoms with E-state index in [4.69, 9.17) is 18.0 Å². The van der Waals surface area contributed by atoms with Crippen LogP contribution in [0.3, 0.4) is 0 Å². The van der Waals surface area contributed by atoms with Crippen LogP contribution in [0, 0.1) is 12.3 Å². The third-order valence-electron chi connectivity index (χ3n) is 2.49. The normalized spacial score (nSPS) is 9.05.